The molecular formula is C21H24BrClN2O4. The molecule has 0 aromatic heterocycles. The number of ether oxygens (including phenoxy) is 2. The molecule has 2 aromatic rings. The summed E-state index contributed by atoms with van der Waals surface area (Å²) in [6.07, 6.45) is 4.50. The Morgan fingerprint density at radius 2 is 1.76 bits per heavy atom. The first-order valence-electron chi connectivity index (χ1n) is 9.39. The third-order valence-electron chi connectivity index (χ3n) is 3.95. The lowest BCUT2D eigenvalue weighted by molar-refractivity contribution is -0.123. The van der Waals surface area contributed by atoms with Crippen molar-refractivity contribution in [2.45, 2.75) is 32.6 Å². The normalized spacial score (nSPS) is 10.3. The van der Waals surface area contributed by atoms with Crippen LogP contribution in [0.25, 0.3) is 0 Å². The first-order chi connectivity index (χ1) is 14.0. The minimum atomic E-state index is -0.487. The van der Waals surface area contributed by atoms with E-state index >= 15 is 0 Å². The lowest BCUT2D eigenvalue weighted by Crippen LogP contribution is -2.43. The van der Waals surface area contributed by atoms with Gasteiger partial charge in [-0.2, -0.15) is 0 Å². The molecule has 0 saturated heterocycles. The molecule has 0 bridgehead atoms. The monoisotopic (exact) mass is 482 g/mol. The number of carbonyl (C=O) groups excluding carboxylic acids is 2. The van der Waals surface area contributed by atoms with Crippen LogP contribution in [-0.4, -0.2) is 25.0 Å². The van der Waals surface area contributed by atoms with E-state index in [-0.39, 0.29) is 6.61 Å². The number of hydrogen-bond donors (Lipinski definition) is 2. The summed E-state index contributed by atoms with van der Waals surface area (Å²) in [5.41, 5.74) is 5.05. The van der Waals surface area contributed by atoms with Crippen molar-refractivity contribution < 1.29 is 19.1 Å². The van der Waals surface area contributed by atoms with Crippen LogP contribution in [0, 0.1) is 0 Å². The number of amides is 2. The van der Waals surface area contributed by atoms with Gasteiger partial charge in [0.25, 0.3) is 11.8 Å². The maximum absolute atomic E-state index is 12.2. The van der Waals surface area contributed by atoms with Crippen LogP contribution >= 0.6 is 27.5 Å². The highest BCUT2D eigenvalue weighted by atomic mass is 79.9. The molecule has 0 fully saturated rings. The molecule has 0 heterocycles. The van der Waals surface area contributed by atoms with Crippen molar-refractivity contribution in [3.63, 3.8) is 0 Å². The summed E-state index contributed by atoms with van der Waals surface area (Å²) in [4.78, 5) is 24.0. The van der Waals surface area contributed by atoms with Crippen LogP contribution < -0.4 is 20.3 Å². The average Bonchev–Trinajstić information content (AvgIpc) is 2.72. The average molecular weight is 484 g/mol. The van der Waals surface area contributed by atoms with Crippen molar-refractivity contribution in [3.8, 4) is 11.5 Å². The summed E-state index contributed by atoms with van der Waals surface area (Å²) in [6.45, 7) is 2.56. The Bertz CT molecular complexity index is 815. The maximum atomic E-state index is 12.2. The maximum Gasteiger partial charge on any atom is 0.276 e. The van der Waals surface area contributed by atoms with Gasteiger partial charge < -0.3 is 9.47 Å². The van der Waals surface area contributed by atoms with Gasteiger partial charge in [-0.05, 0) is 64.8 Å². The number of unbranched alkanes of at least 4 members (excludes halogenated alkanes) is 3. The molecule has 2 amide bonds. The van der Waals surface area contributed by atoms with E-state index < -0.39 is 11.8 Å². The fourth-order valence-electron chi connectivity index (χ4n) is 2.38. The smallest absolute Gasteiger partial charge is 0.276 e. The van der Waals surface area contributed by atoms with Gasteiger partial charge in [-0.1, -0.05) is 37.8 Å². The molecule has 2 rings (SSSR count). The molecule has 0 unspecified atom stereocenters. The quantitative estimate of drug-likeness (QED) is 0.372. The predicted octanol–water partition coefficient (Wildman–Crippen LogP) is 4.90. The summed E-state index contributed by atoms with van der Waals surface area (Å²) in [7, 11) is 0. The third kappa shape index (κ3) is 8.33. The van der Waals surface area contributed by atoms with E-state index in [1.807, 2.05) is 0 Å². The molecule has 29 heavy (non-hydrogen) atoms. The molecule has 0 saturated carbocycles. The van der Waals surface area contributed by atoms with Gasteiger partial charge in [0.1, 0.15) is 11.5 Å². The van der Waals surface area contributed by atoms with Crippen LogP contribution in [0.1, 0.15) is 43.0 Å². The Kier molecular flexibility index (Phi) is 9.80. The molecular weight excluding hydrogens is 460 g/mol. The number of hydrazine groups is 1. The summed E-state index contributed by atoms with van der Waals surface area (Å²) in [5.74, 6) is 0.253. The van der Waals surface area contributed by atoms with E-state index in [0.717, 1.165) is 12.8 Å². The molecule has 8 heteroatoms. The molecule has 0 radical (unpaired) electrons. The Balaban J connectivity index is 1.75. The number of benzene rings is 2. The van der Waals surface area contributed by atoms with E-state index in [2.05, 4.69) is 33.7 Å². The minimum Gasteiger partial charge on any atom is -0.492 e. The van der Waals surface area contributed by atoms with Crippen molar-refractivity contribution in [2.24, 2.45) is 0 Å². The van der Waals surface area contributed by atoms with E-state index in [4.69, 9.17) is 21.1 Å². The molecule has 0 aliphatic rings. The molecule has 0 aliphatic carbocycles. The van der Waals surface area contributed by atoms with Crippen LogP contribution in [0.3, 0.4) is 0 Å². The van der Waals surface area contributed by atoms with E-state index in [9.17, 15) is 9.59 Å². The van der Waals surface area contributed by atoms with Crippen molar-refractivity contribution in [2.75, 3.05) is 13.2 Å². The van der Waals surface area contributed by atoms with Crippen molar-refractivity contribution in [1.29, 1.82) is 0 Å². The molecule has 0 atom stereocenters. The Morgan fingerprint density at radius 1 is 1.00 bits per heavy atom. The first kappa shape index (κ1) is 23.0. The van der Waals surface area contributed by atoms with Gasteiger partial charge in [-0.3, -0.25) is 20.4 Å². The lowest BCUT2D eigenvalue weighted by atomic mass is 10.2. The topological polar surface area (TPSA) is 76.7 Å². The standard InChI is InChI=1S/C21H24BrClN2O4/c1-2-3-4-5-12-28-19-11-6-15(13-18(19)22)21(27)25-24-20(26)14-29-17-9-7-16(23)8-10-17/h6-11,13H,2-5,12,14H2,1H3,(H,24,26)(H,25,27). The third-order valence-corrected chi connectivity index (χ3v) is 4.82. The fraction of sp³-hybridized carbons (Fsp3) is 0.333. The Hall–Kier alpha value is -2.25. The second-order valence-corrected chi connectivity index (χ2v) is 7.59. The Labute approximate surface area is 184 Å². The summed E-state index contributed by atoms with van der Waals surface area (Å²) >= 11 is 9.20. The van der Waals surface area contributed by atoms with Crippen LogP contribution in [-0.2, 0) is 4.79 Å². The molecule has 156 valence electrons. The summed E-state index contributed by atoms with van der Waals surface area (Å²) < 4.78 is 11.7. The zero-order valence-corrected chi connectivity index (χ0v) is 18.5. The Morgan fingerprint density at radius 3 is 2.45 bits per heavy atom. The summed E-state index contributed by atoms with van der Waals surface area (Å²) in [5, 5.41) is 0.577. The van der Waals surface area contributed by atoms with Gasteiger partial charge >= 0.3 is 0 Å². The highest BCUT2D eigenvalue weighted by molar-refractivity contribution is 9.10. The second kappa shape index (κ2) is 12.3. The lowest BCUT2D eigenvalue weighted by Gasteiger charge is -2.11. The summed E-state index contributed by atoms with van der Waals surface area (Å²) in [6, 6.07) is 11.6. The number of halogens is 2. The van der Waals surface area contributed by atoms with Crippen LogP contribution in [0.15, 0.2) is 46.9 Å². The predicted molar refractivity (Wildman–Crippen MR) is 116 cm³/mol. The first-order valence-corrected chi connectivity index (χ1v) is 10.6. The molecule has 6 nitrogen and oxygen atoms in total. The van der Waals surface area contributed by atoms with Gasteiger partial charge in [0.05, 0.1) is 11.1 Å². The SMILES string of the molecule is CCCCCCOc1ccc(C(=O)NNC(=O)COc2ccc(Cl)cc2)cc1Br. The van der Waals surface area contributed by atoms with E-state index in [0.29, 0.717) is 33.2 Å². The van der Waals surface area contributed by atoms with Crippen LogP contribution in [0.4, 0.5) is 0 Å². The van der Waals surface area contributed by atoms with Gasteiger partial charge in [-0.25, -0.2) is 0 Å². The molecule has 2 N–H and O–H groups in total. The number of hydrogen-bond acceptors (Lipinski definition) is 4. The zero-order chi connectivity index (χ0) is 21.1. The van der Waals surface area contributed by atoms with Crippen molar-refractivity contribution in [3.05, 3.63) is 57.5 Å². The van der Waals surface area contributed by atoms with E-state index in [1.165, 1.54) is 12.8 Å². The molecule has 0 spiro atoms. The number of rotatable bonds is 10. The largest absolute Gasteiger partial charge is 0.492 e. The van der Waals surface area contributed by atoms with Crippen molar-refractivity contribution >= 4 is 39.3 Å². The molecule has 0 aliphatic heterocycles. The minimum absolute atomic E-state index is 0.240. The number of nitrogens with one attached hydrogen (secondary N) is 2. The second-order valence-electron chi connectivity index (χ2n) is 6.30. The van der Waals surface area contributed by atoms with Crippen molar-refractivity contribution in [1.82, 2.24) is 10.9 Å². The fourth-order valence-corrected chi connectivity index (χ4v) is 3.00. The highest BCUT2D eigenvalue weighted by Crippen LogP contribution is 2.26. The zero-order valence-electron chi connectivity index (χ0n) is 16.2. The van der Waals surface area contributed by atoms with Crippen LogP contribution in [0.2, 0.25) is 5.02 Å². The highest BCUT2D eigenvalue weighted by Gasteiger charge is 2.11. The molecule has 2 aromatic carbocycles. The van der Waals surface area contributed by atoms with Gasteiger partial charge in [0.15, 0.2) is 6.61 Å². The number of carbonyl (C=O) groups is 2. The van der Waals surface area contributed by atoms with Crippen LogP contribution in [0.5, 0.6) is 11.5 Å². The van der Waals surface area contributed by atoms with Gasteiger partial charge in [-0.15, -0.1) is 0 Å². The van der Waals surface area contributed by atoms with Gasteiger partial charge in [0, 0.05) is 10.6 Å². The van der Waals surface area contributed by atoms with E-state index in [1.54, 1.807) is 42.5 Å². The van der Waals surface area contributed by atoms with Gasteiger partial charge in [0.2, 0.25) is 0 Å².